The van der Waals surface area contributed by atoms with E-state index in [1.54, 1.807) is 48.5 Å². The van der Waals surface area contributed by atoms with Crippen LogP contribution in [0.3, 0.4) is 0 Å². The average Bonchev–Trinajstić information content (AvgIpc) is 2.69. The summed E-state index contributed by atoms with van der Waals surface area (Å²) in [4.78, 5) is 11.1. The normalized spacial score (nSPS) is 15.6. The molecule has 1 saturated heterocycles. The minimum atomic E-state index is -3.47. The zero-order valence-electron chi connectivity index (χ0n) is 14.8. The van der Waals surface area contributed by atoms with Crippen molar-refractivity contribution in [3.05, 3.63) is 65.2 Å². The van der Waals surface area contributed by atoms with Crippen LogP contribution >= 0.6 is 0 Å². The first-order valence-electron chi connectivity index (χ1n) is 8.66. The quantitative estimate of drug-likeness (QED) is 0.747. The molecule has 1 aliphatic rings. The number of benzene rings is 2. The maximum atomic E-state index is 12.6. The van der Waals surface area contributed by atoms with Gasteiger partial charge in [-0.3, -0.25) is 0 Å². The molecule has 0 aliphatic carbocycles. The molecule has 1 heterocycles. The summed E-state index contributed by atoms with van der Waals surface area (Å²) in [6.45, 7) is 2.79. The van der Waals surface area contributed by atoms with Crippen molar-refractivity contribution in [1.29, 1.82) is 0 Å². The van der Waals surface area contributed by atoms with Gasteiger partial charge in [0.15, 0.2) is 0 Å². The molecule has 0 aromatic heterocycles. The summed E-state index contributed by atoms with van der Waals surface area (Å²) in [5.74, 6) is -0.943. The highest BCUT2D eigenvalue weighted by atomic mass is 32.2. The van der Waals surface area contributed by atoms with Crippen molar-refractivity contribution >= 4 is 16.0 Å². The van der Waals surface area contributed by atoms with E-state index in [2.05, 4.69) is 5.32 Å². The van der Waals surface area contributed by atoms with Crippen LogP contribution in [0.1, 0.15) is 21.5 Å². The highest BCUT2D eigenvalue weighted by molar-refractivity contribution is 7.89. The SMILES string of the molecule is O=C(O)c1ccc(CNCc2ccc(S(=O)(=O)N3CCOCC3)cc2)cc1. The molecule has 0 amide bonds. The van der Waals surface area contributed by atoms with Crippen molar-refractivity contribution in [3.8, 4) is 0 Å². The Morgan fingerprint density at radius 1 is 0.963 bits per heavy atom. The molecule has 7 nitrogen and oxygen atoms in total. The zero-order chi connectivity index (χ0) is 19.3. The Labute approximate surface area is 158 Å². The van der Waals surface area contributed by atoms with Crippen molar-refractivity contribution in [2.45, 2.75) is 18.0 Å². The molecule has 2 N–H and O–H groups in total. The Bertz CT molecular complexity index is 873. The summed E-state index contributed by atoms with van der Waals surface area (Å²) in [5.41, 5.74) is 2.21. The number of carbonyl (C=O) groups is 1. The van der Waals surface area contributed by atoms with Gasteiger partial charge in [0.1, 0.15) is 0 Å². The minimum Gasteiger partial charge on any atom is -0.478 e. The largest absolute Gasteiger partial charge is 0.478 e. The number of morpholine rings is 1. The van der Waals surface area contributed by atoms with Crippen LogP contribution in [-0.4, -0.2) is 50.1 Å². The maximum absolute atomic E-state index is 12.6. The first-order chi connectivity index (χ1) is 13.0. The molecule has 144 valence electrons. The number of sulfonamides is 1. The van der Waals surface area contributed by atoms with Gasteiger partial charge in [0.25, 0.3) is 0 Å². The molecule has 0 radical (unpaired) electrons. The predicted molar refractivity (Wildman–Crippen MR) is 100.0 cm³/mol. The van der Waals surface area contributed by atoms with Gasteiger partial charge in [-0.1, -0.05) is 24.3 Å². The summed E-state index contributed by atoms with van der Waals surface area (Å²) in [7, 11) is -3.47. The molecule has 0 saturated carbocycles. The number of ether oxygens (including phenoxy) is 1. The van der Waals surface area contributed by atoms with E-state index < -0.39 is 16.0 Å². The highest BCUT2D eigenvalue weighted by Crippen LogP contribution is 2.17. The number of hydrogen-bond donors (Lipinski definition) is 2. The summed E-state index contributed by atoms with van der Waals surface area (Å²) in [6.07, 6.45) is 0. The fourth-order valence-electron chi connectivity index (χ4n) is 2.83. The first kappa shape index (κ1) is 19.5. The molecular weight excluding hydrogens is 368 g/mol. The topological polar surface area (TPSA) is 95.9 Å². The summed E-state index contributed by atoms with van der Waals surface area (Å²) >= 11 is 0. The lowest BCUT2D eigenvalue weighted by atomic mass is 10.1. The molecule has 1 fully saturated rings. The zero-order valence-corrected chi connectivity index (χ0v) is 15.6. The number of aromatic carboxylic acids is 1. The van der Waals surface area contributed by atoms with Crippen LogP contribution in [0.5, 0.6) is 0 Å². The molecule has 1 aliphatic heterocycles. The summed E-state index contributed by atoms with van der Waals surface area (Å²) in [5, 5.41) is 12.2. The average molecular weight is 390 g/mol. The number of hydrogen-bond acceptors (Lipinski definition) is 5. The predicted octanol–water partition coefficient (Wildman–Crippen LogP) is 1.70. The van der Waals surface area contributed by atoms with Crippen molar-refractivity contribution in [2.24, 2.45) is 0 Å². The number of carboxylic acid groups (broad SMARTS) is 1. The Hall–Kier alpha value is -2.26. The number of nitrogens with one attached hydrogen (secondary N) is 1. The molecule has 0 unspecified atom stereocenters. The smallest absolute Gasteiger partial charge is 0.335 e. The molecule has 3 rings (SSSR count). The molecule has 2 aromatic carbocycles. The molecule has 0 atom stereocenters. The van der Waals surface area contributed by atoms with Crippen LogP contribution in [0.4, 0.5) is 0 Å². The van der Waals surface area contributed by atoms with Gasteiger partial charge in [0.2, 0.25) is 10.0 Å². The van der Waals surface area contributed by atoms with Gasteiger partial charge in [-0.25, -0.2) is 13.2 Å². The van der Waals surface area contributed by atoms with Crippen LogP contribution in [0.25, 0.3) is 0 Å². The minimum absolute atomic E-state index is 0.260. The lowest BCUT2D eigenvalue weighted by Crippen LogP contribution is -2.40. The third-order valence-corrected chi connectivity index (χ3v) is 6.30. The van der Waals surface area contributed by atoms with Gasteiger partial charge < -0.3 is 15.2 Å². The van der Waals surface area contributed by atoms with E-state index >= 15 is 0 Å². The molecule has 8 heteroatoms. The second-order valence-electron chi connectivity index (χ2n) is 6.27. The third-order valence-electron chi connectivity index (χ3n) is 4.39. The van der Waals surface area contributed by atoms with Crippen LogP contribution in [0.2, 0.25) is 0 Å². The Morgan fingerprint density at radius 2 is 1.48 bits per heavy atom. The van der Waals surface area contributed by atoms with Crippen molar-refractivity contribution in [1.82, 2.24) is 9.62 Å². The van der Waals surface area contributed by atoms with Crippen LogP contribution in [0, 0.1) is 0 Å². The monoisotopic (exact) mass is 390 g/mol. The molecule has 0 spiro atoms. The molecule has 0 bridgehead atoms. The van der Waals surface area contributed by atoms with Crippen molar-refractivity contribution < 1.29 is 23.1 Å². The Morgan fingerprint density at radius 3 is 2.00 bits per heavy atom. The number of rotatable bonds is 7. The van der Waals surface area contributed by atoms with E-state index in [0.717, 1.165) is 11.1 Å². The van der Waals surface area contributed by atoms with E-state index in [1.165, 1.54) is 4.31 Å². The van der Waals surface area contributed by atoms with E-state index in [-0.39, 0.29) is 10.5 Å². The van der Waals surface area contributed by atoms with Crippen LogP contribution < -0.4 is 5.32 Å². The number of nitrogens with zero attached hydrogens (tertiary/aromatic N) is 1. The van der Waals surface area contributed by atoms with E-state index in [1.807, 2.05) is 0 Å². The molecular formula is C19H22N2O5S. The van der Waals surface area contributed by atoms with E-state index in [4.69, 9.17) is 9.84 Å². The highest BCUT2D eigenvalue weighted by Gasteiger charge is 2.25. The first-order valence-corrected chi connectivity index (χ1v) is 10.1. The Balaban J connectivity index is 1.55. The van der Waals surface area contributed by atoms with E-state index in [0.29, 0.717) is 39.4 Å². The second kappa shape index (κ2) is 8.62. The number of carboxylic acids is 1. The fourth-order valence-corrected chi connectivity index (χ4v) is 4.24. The Kier molecular flexibility index (Phi) is 6.22. The summed E-state index contributed by atoms with van der Waals surface area (Å²) in [6, 6.07) is 13.5. The van der Waals surface area contributed by atoms with Gasteiger partial charge in [0.05, 0.1) is 23.7 Å². The van der Waals surface area contributed by atoms with Crippen molar-refractivity contribution in [2.75, 3.05) is 26.3 Å². The molecule has 2 aromatic rings. The van der Waals surface area contributed by atoms with Crippen molar-refractivity contribution in [3.63, 3.8) is 0 Å². The van der Waals surface area contributed by atoms with Crippen LogP contribution in [0.15, 0.2) is 53.4 Å². The van der Waals surface area contributed by atoms with Gasteiger partial charge in [0, 0.05) is 26.2 Å². The van der Waals surface area contributed by atoms with Gasteiger partial charge in [-0.15, -0.1) is 0 Å². The molecule has 27 heavy (non-hydrogen) atoms. The van der Waals surface area contributed by atoms with Crippen LogP contribution in [-0.2, 0) is 27.8 Å². The standard InChI is InChI=1S/C19H22N2O5S/c22-19(23)17-5-1-15(2-6-17)13-20-14-16-3-7-18(8-4-16)27(24,25)21-9-11-26-12-10-21/h1-8,20H,9-14H2,(H,22,23). The van der Waals surface area contributed by atoms with Gasteiger partial charge in [-0.2, -0.15) is 4.31 Å². The van der Waals surface area contributed by atoms with Gasteiger partial charge >= 0.3 is 5.97 Å². The third kappa shape index (κ3) is 4.92. The maximum Gasteiger partial charge on any atom is 0.335 e. The second-order valence-corrected chi connectivity index (χ2v) is 8.20. The van der Waals surface area contributed by atoms with E-state index in [9.17, 15) is 13.2 Å². The lowest BCUT2D eigenvalue weighted by molar-refractivity contribution is 0.0697. The summed E-state index contributed by atoms with van der Waals surface area (Å²) < 4.78 is 31.8. The fraction of sp³-hybridized carbons (Fsp3) is 0.316. The van der Waals surface area contributed by atoms with Gasteiger partial charge in [-0.05, 0) is 35.4 Å². The lowest BCUT2D eigenvalue weighted by Gasteiger charge is -2.26.